The molecule has 3 nitrogen and oxygen atoms in total. The van der Waals surface area contributed by atoms with Gasteiger partial charge < -0.3 is 23.0 Å². The Morgan fingerprint density at radius 1 is 1.35 bits per heavy atom. The van der Waals surface area contributed by atoms with E-state index in [4.69, 9.17) is 4.74 Å². The van der Waals surface area contributed by atoms with Crippen LogP contribution in [0, 0.1) is 5.41 Å². The number of amides is 1. The molecule has 1 aliphatic rings. The molecule has 8 heteroatoms. The van der Waals surface area contributed by atoms with E-state index in [9.17, 15) is 17.7 Å². The van der Waals surface area contributed by atoms with E-state index < -0.39 is 24.1 Å². The zero-order valence-electron chi connectivity index (χ0n) is 12.5. The van der Waals surface area contributed by atoms with Crippen molar-refractivity contribution in [2.75, 3.05) is 6.54 Å². The Kier molecular flexibility index (Phi) is 7.86. The first-order valence-corrected chi connectivity index (χ1v) is 6.39. The maximum atomic E-state index is 12.2. The quantitative estimate of drug-likeness (QED) is 0.773. The van der Waals surface area contributed by atoms with Crippen LogP contribution in [0.2, 0.25) is 0 Å². The average Bonchev–Trinajstić information content (AvgIpc) is 2.10. The molecule has 0 atom stereocenters. The number of carbonyl (C=O) groups excluding carboxylic acids is 1. The smallest absolute Gasteiger partial charge is 0.445 e. The molecule has 0 spiro atoms. The summed E-state index contributed by atoms with van der Waals surface area (Å²) < 4.78 is 41.7. The van der Waals surface area contributed by atoms with Crippen molar-refractivity contribution in [3.05, 3.63) is 12.1 Å². The van der Waals surface area contributed by atoms with Gasteiger partial charge in [-0.25, -0.2) is 4.79 Å². The second-order valence-electron chi connectivity index (χ2n) is 6.06. The Hall–Kier alpha value is 0.501. The summed E-state index contributed by atoms with van der Waals surface area (Å²) in [5.41, 5.74) is -1.17. The molecular weight excluding hydrogens is 297 g/mol. The molecule has 0 aliphatic heterocycles. The van der Waals surface area contributed by atoms with E-state index in [1.54, 1.807) is 20.8 Å². The third-order valence-corrected chi connectivity index (χ3v) is 3.00. The minimum absolute atomic E-state index is 0. The van der Waals surface area contributed by atoms with Crippen LogP contribution in [0.5, 0.6) is 0 Å². The Labute approximate surface area is 160 Å². The molecule has 0 radical (unpaired) electrons. The molecular formula is C12H20BF3KNO2. The summed E-state index contributed by atoms with van der Waals surface area (Å²) >= 11 is 0. The van der Waals surface area contributed by atoms with Crippen LogP contribution in [0.15, 0.2) is 12.1 Å². The molecule has 1 saturated carbocycles. The van der Waals surface area contributed by atoms with Crippen molar-refractivity contribution >= 4 is 13.1 Å². The van der Waals surface area contributed by atoms with Crippen LogP contribution in [-0.2, 0) is 4.74 Å². The second kappa shape index (κ2) is 7.67. The van der Waals surface area contributed by atoms with Gasteiger partial charge >= 0.3 is 64.5 Å². The van der Waals surface area contributed by atoms with Gasteiger partial charge in [-0.2, -0.15) is 0 Å². The van der Waals surface area contributed by atoms with Gasteiger partial charge in [-0.05, 0) is 33.6 Å². The molecule has 1 amide bonds. The van der Waals surface area contributed by atoms with Crippen molar-refractivity contribution in [3.8, 4) is 0 Å². The number of hydrogen-bond acceptors (Lipinski definition) is 2. The molecule has 0 saturated heterocycles. The Morgan fingerprint density at radius 3 is 2.25 bits per heavy atom. The Bertz CT molecular complexity index is 363. The van der Waals surface area contributed by atoms with Gasteiger partial charge in [-0.15, -0.1) is 12.1 Å². The Morgan fingerprint density at radius 2 is 1.90 bits per heavy atom. The van der Waals surface area contributed by atoms with Crippen molar-refractivity contribution in [1.82, 2.24) is 5.32 Å². The molecule has 0 bridgehead atoms. The molecule has 1 aliphatic carbocycles. The van der Waals surface area contributed by atoms with Crippen molar-refractivity contribution < 1.29 is 73.9 Å². The average molecular weight is 317 g/mol. The fraction of sp³-hybridized carbons (Fsp3) is 0.750. The van der Waals surface area contributed by atoms with Crippen molar-refractivity contribution in [3.63, 3.8) is 0 Å². The monoisotopic (exact) mass is 317 g/mol. The summed E-state index contributed by atoms with van der Waals surface area (Å²) in [6.45, 7) is 0.465. The first kappa shape index (κ1) is 20.5. The van der Waals surface area contributed by atoms with Crippen LogP contribution in [0.4, 0.5) is 17.7 Å². The van der Waals surface area contributed by atoms with Gasteiger partial charge in [0.15, 0.2) is 0 Å². The van der Waals surface area contributed by atoms with Crippen LogP contribution in [0.25, 0.3) is 0 Å². The molecule has 0 unspecified atom stereocenters. The predicted molar refractivity (Wildman–Crippen MR) is 68.7 cm³/mol. The zero-order chi connectivity index (χ0) is 14.7. The minimum atomic E-state index is -4.92. The first-order valence-electron chi connectivity index (χ1n) is 6.39. The fourth-order valence-corrected chi connectivity index (χ4v) is 1.91. The molecule has 0 heterocycles. The fourth-order valence-electron chi connectivity index (χ4n) is 1.91. The standard InChI is InChI=1S/C12H20BF3NO2.K/c1-11(2,3)19-10(18)17-9-12(5-4-6-12)7-8-13(14,15)16;/h7-8H,4-6,9H2,1-3H3,(H,17,18);/q-1;+1/b8-7+;. The number of hydrogen-bond donors (Lipinski definition) is 1. The van der Waals surface area contributed by atoms with Gasteiger partial charge in [0.25, 0.3) is 0 Å². The zero-order valence-corrected chi connectivity index (χ0v) is 15.6. The topological polar surface area (TPSA) is 38.3 Å². The Balaban J connectivity index is 0.00000361. The second-order valence-corrected chi connectivity index (χ2v) is 6.06. The largest absolute Gasteiger partial charge is 1.00 e. The van der Waals surface area contributed by atoms with Crippen molar-refractivity contribution in [2.24, 2.45) is 5.41 Å². The summed E-state index contributed by atoms with van der Waals surface area (Å²) in [6.07, 6.45) is 2.79. The molecule has 0 aromatic heterocycles. The van der Waals surface area contributed by atoms with E-state index in [0.29, 0.717) is 18.8 Å². The molecule has 0 aromatic carbocycles. The van der Waals surface area contributed by atoms with E-state index in [1.165, 1.54) is 6.08 Å². The van der Waals surface area contributed by atoms with Crippen molar-refractivity contribution in [2.45, 2.75) is 45.6 Å². The molecule has 1 rings (SSSR count). The third kappa shape index (κ3) is 8.07. The summed E-state index contributed by atoms with van der Waals surface area (Å²) in [6, 6.07) is 0. The number of halogens is 3. The number of rotatable bonds is 4. The van der Waals surface area contributed by atoms with Crippen LogP contribution >= 0.6 is 0 Å². The number of carbonyl (C=O) groups is 1. The van der Waals surface area contributed by atoms with E-state index in [1.807, 2.05) is 0 Å². The van der Waals surface area contributed by atoms with Crippen LogP contribution < -0.4 is 56.7 Å². The summed E-state index contributed by atoms with van der Waals surface area (Å²) in [5.74, 6) is 0.315. The third-order valence-electron chi connectivity index (χ3n) is 3.00. The van der Waals surface area contributed by atoms with E-state index in [2.05, 4.69) is 5.32 Å². The minimum Gasteiger partial charge on any atom is -0.445 e. The molecule has 20 heavy (non-hydrogen) atoms. The van der Waals surface area contributed by atoms with E-state index in [0.717, 1.165) is 6.42 Å². The van der Waals surface area contributed by atoms with Gasteiger partial charge in [0.2, 0.25) is 0 Å². The molecule has 1 fully saturated rings. The van der Waals surface area contributed by atoms with Gasteiger partial charge in [-0.3, -0.25) is 0 Å². The van der Waals surface area contributed by atoms with Crippen LogP contribution in [-0.4, -0.2) is 25.2 Å². The van der Waals surface area contributed by atoms with Gasteiger partial charge in [0.05, 0.1) is 0 Å². The maximum Gasteiger partial charge on any atom is 1.00 e. The summed E-state index contributed by atoms with van der Waals surface area (Å²) in [4.78, 5) is 11.5. The van der Waals surface area contributed by atoms with E-state index >= 15 is 0 Å². The normalized spacial score (nSPS) is 18.1. The number of alkyl carbamates (subject to hydrolysis) is 1. The number of nitrogens with one attached hydrogen (secondary N) is 1. The first-order chi connectivity index (χ1) is 8.52. The predicted octanol–water partition coefficient (Wildman–Crippen LogP) is 0.628. The summed E-state index contributed by atoms with van der Waals surface area (Å²) in [7, 11) is 0. The summed E-state index contributed by atoms with van der Waals surface area (Å²) in [5, 5.41) is 2.55. The van der Waals surface area contributed by atoms with Gasteiger partial charge in [0, 0.05) is 12.0 Å². The maximum absolute atomic E-state index is 12.2. The van der Waals surface area contributed by atoms with Crippen LogP contribution in [0.1, 0.15) is 40.0 Å². The SMILES string of the molecule is CC(C)(C)OC(=O)NCC1(/C=C/[B-](F)(F)F)CCC1.[K+]. The van der Waals surface area contributed by atoms with Crippen molar-refractivity contribution in [1.29, 1.82) is 0 Å². The van der Waals surface area contributed by atoms with Gasteiger partial charge in [0.1, 0.15) is 5.60 Å². The molecule has 0 aromatic rings. The number of ether oxygens (including phenoxy) is 1. The van der Waals surface area contributed by atoms with Gasteiger partial charge in [-0.1, -0.05) is 6.42 Å². The van der Waals surface area contributed by atoms with Crippen LogP contribution in [0.3, 0.4) is 0 Å². The van der Waals surface area contributed by atoms with E-state index in [-0.39, 0.29) is 57.9 Å². The molecule has 1 N–H and O–H groups in total. The molecule has 110 valence electrons.